The van der Waals surface area contributed by atoms with Gasteiger partial charge in [0.05, 0.1) is 0 Å². The van der Waals surface area contributed by atoms with E-state index in [1.54, 1.807) is 22.3 Å². The van der Waals surface area contributed by atoms with Crippen LogP contribution in [-0.4, -0.2) is 36.8 Å². The maximum atomic E-state index is 2.53. The van der Waals surface area contributed by atoms with Crippen LogP contribution in [0.3, 0.4) is 0 Å². The van der Waals surface area contributed by atoms with Crippen molar-refractivity contribution in [2.75, 3.05) is 0 Å². The Labute approximate surface area is 150 Å². The van der Waals surface area contributed by atoms with Crippen LogP contribution in [0, 0.1) is 0 Å². The number of rotatable bonds is 4. The Bertz CT molecular complexity index is 667. The first kappa shape index (κ1) is 17.8. The van der Waals surface area contributed by atoms with Gasteiger partial charge < -0.3 is 0 Å². The molecule has 0 saturated carbocycles. The van der Waals surface area contributed by atoms with Crippen molar-refractivity contribution in [3.05, 3.63) is 58.7 Å². The summed E-state index contributed by atoms with van der Waals surface area (Å²) in [4.78, 5) is 15.2. The van der Waals surface area contributed by atoms with Crippen LogP contribution < -0.4 is 0 Å². The monoisotopic (exact) mass is 522 g/mol. The van der Waals surface area contributed by atoms with Crippen LogP contribution in [0.15, 0.2) is 36.4 Å². The quantitative estimate of drug-likeness (QED) is 0.366. The molecule has 0 aliphatic heterocycles. The Morgan fingerprint density at radius 1 is 0.652 bits per heavy atom. The van der Waals surface area contributed by atoms with Crippen molar-refractivity contribution in [2.24, 2.45) is 0 Å². The molecule has 0 unspecified atom stereocenters. The van der Waals surface area contributed by atoms with Gasteiger partial charge in [-0.25, -0.2) is 0 Å². The van der Waals surface area contributed by atoms with Crippen LogP contribution in [0.2, 0.25) is 29.6 Å². The molecule has 122 valence electrons. The third-order valence-electron chi connectivity index (χ3n) is 4.48. The van der Waals surface area contributed by atoms with Gasteiger partial charge in [0.1, 0.15) is 0 Å². The van der Waals surface area contributed by atoms with Gasteiger partial charge in [-0.15, -0.1) is 0 Å². The molecule has 0 nitrogen and oxygen atoms in total. The molecule has 23 heavy (non-hydrogen) atoms. The van der Waals surface area contributed by atoms with Gasteiger partial charge in [-0.3, -0.25) is 0 Å². The van der Waals surface area contributed by atoms with Crippen LogP contribution in [0.1, 0.15) is 22.3 Å². The zero-order valence-corrected chi connectivity index (χ0v) is 21.3. The van der Waals surface area contributed by atoms with E-state index in [-0.39, 0.29) is 0 Å². The topological polar surface area (TPSA) is 0 Å². The van der Waals surface area contributed by atoms with Gasteiger partial charge in [-0.2, -0.15) is 0 Å². The molecule has 1 aliphatic rings. The summed E-state index contributed by atoms with van der Waals surface area (Å²) in [5.41, 5.74) is 9.24. The van der Waals surface area contributed by atoms with Crippen molar-refractivity contribution < 1.29 is 0 Å². The van der Waals surface area contributed by atoms with E-state index >= 15 is 0 Å². The number of hydrogen-bond donors (Lipinski definition) is 0. The van der Waals surface area contributed by atoms with Gasteiger partial charge in [-0.1, -0.05) is 0 Å². The van der Waals surface area contributed by atoms with Crippen LogP contribution in [0.25, 0.3) is 11.1 Å². The predicted octanol–water partition coefficient (Wildman–Crippen LogP) is 6.10. The summed E-state index contributed by atoms with van der Waals surface area (Å²) in [6.45, 7) is 0. The summed E-state index contributed by atoms with van der Waals surface area (Å²) in [7, 11) is 0. The molecule has 3 rings (SSSR count). The molecule has 1 aliphatic carbocycles. The van der Waals surface area contributed by atoms with Gasteiger partial charge in [0.2, 0.25) is 0 Å². The Morgan fingerprint density at radius 2 is 1.04 bits per heavy atom. The molecular formula is C21H30Sn2. The molecule has 0 fully saturated rings. The molecule has 2 heteroatoms. The molecular weight excluding hydrogens is 490 g/mol. The second kappa shape index (κ2) is 6.40. The van der Waals surface area contributed by atoms with Gasteiger partial charge in [0, 0.05) is 0 Å². The average molecular weight is 520 g/mol. The van der Waals surface area contributed by atoms with Crippen LogP contribution in [0.4, 0.5) is 0 Å². The molecule has 0 radical (unpaired) electrons. The summed E-state index contributed by atoms with van der Waals surface area (Å²) in [5.74, 6) is 0. The molecule has 0 amide bonds. The maximum absolute atomic E-state index is 2.53. The van der Waals surface area contributed by atoms with Crippen molar-refractivity contribution in [2.45, 2.75) is 44.9 Å². The van der Waals surface area contributed by atoms with Gasteiger partial charge in [0.15, 0.2) is 0 Å². The Hall–Kier alpha value is 0.0374. The first-order valence-electron chi connectivity index (χ1n) is 8.85. The van der Waals surface area contributed by atoms with Crippen molar-refractivity contribution >= 4 is 36.8 Å². The fourth-order valence-electron chi connectivity index (χ4n) is 3.76. The zero-order chi connectivity index (χ0) is 16.8. The summed E-state index contributed by atoms with van der Waals surface area (Å²) < 4.78 is 2.73. The minimum atomic E-state index is -1.75. The van der Waals surface area contributed by atoms with Crippen molar-refractivity contribution in [1.29, 1.82) is 0 Å². The van der Waals surface area contributed by atoms with E-state index in [0.29, 0.717) is 0 Å². The summed E-state index contributed by atoms with van der Waals surface area (Å²) in [6, 6.07) is 14.5. The third-order valence-corrected chi connectivity index (χ3v) is 12.9. The summed E-state index contributed by atoms with van der Waals surface area (Å²) >= 11 is -3.51. The Morgan fingerprint density at radius 3 is 1.39 bits per heavy atom. The normalized spacial score (nSPS) is 13.8. The average Bonchev–Trinajstić information content (AvgIpc) is 2.71. The van der Waals surface area contributed by atoms with Crippen LogP contribution in [-0.2, 0) is 15.3 Å². The SMILES string of the molecule is [CH3][Sn]([CH3])([CH3])[CH2]c1ccc2c(c1)Cc1cc([CH2][Sn]([CH3])([CH3])[CH3])ccc1-2. The van der Waals surface area contributed by atoms with E-state index in [1.807, 2.05) is 0 Å². The number of benzene rings is 2. The molecule has 0 aromatic heterocycles. The van der Waals surface area contributed by atoms with E-state index in [2.05, 4.69) is 66.0 Å². The summed E-state index contributed by atoms with van der Waals surface area (Å²) in [5, 5.41) is 0. The Balaban J connectivity index is 1.88. The van der Waals surface area contributed by atoms with E-state index in [1.165, 1.54) is 20.0 Å². The standard InChI is InChI=1S/C15H12.6CH3.2Sn/c1-10-3-5-14-12(7-10)9-13-8-11(2)4-6-15(13)14;;;;;;;;/h3-8H,1-2,9H2;6*1H3;;. The molecule has 0 N–H and O–H groups in total. The molecule has 0 saturated heterocycles. The van der Waals surface area contributed by atoms with E-state index in [9.17, 15) is 0 Å². The van der Waals surface area contributed by atoms with Crippen molar-refractivity contribution in [3.8, 4) is 11.1 Å². The molecule has 0 heterocycles. The molecule has 0 spiro atoms. The minimum absolute atomic E-state index is 1.14. The number of fused-ring (bicyclic) bond motifs is 3. The second-order valence-electron chi connectivity index (χ2n) is 9.63. The van der Waals surface area contributed by atoms with E-state index in [0.717, 1.165) is 6.42 Å². The second-order valence-corrected chi connectivity index (χ2v) is 40.9. The summed E-state index contributed by atoms with van der Waals surface area (Å²) in [6.07, 6.45) is 1.14. The fourth-order valence-corrected chi connectivity index (χ4v) is 12.0. The third kappa shape index (κ3) is 4.56. The van der Waals surface area contributed by atoms with Crippen molar-refractivity contribution in [3.63, 3.8) is 0 Å². The van der Waals surface area contributed by atoms with Gasteiger partial charge >= 0.3 is 151 Å². The Kier molecular flexibility index (Phi) is 4.97. The first-order chi connectivity index (χ1) is 10.6. The molecule has 0 atom stereocenters. The zero-order valence-electron chi connectivity index (χ0n) is 15.6. The predicted molar refractivity (Wildman–Crippen MR) is 109 cm³/mol. The fraction of sp³-hybridized carbons (Fsp3) is 0.429. The number of hydrogen-bond acceptors (Lipinski definition) is 0. The van der Waals surface area contributed by atoms with Gasteiger partial charge in [0.25, 0.3) is 0 Å². The molecule has 2 aromatic carbocycles. The molecule has 0 bridgehead atoms. The van der Waals surface area contributed by atoms with Crippen molar-refractivity contribution in [1.82, 2.24) is 0 Å². The van der Waals surface area contributed by atoms with E-state index in [4.69, 9.17) is 0 Å². The van der Waals surface area contributed by atoms with Gasteiger partial charge in [-0.05, 0) is 0 Å². The first-order valence-corrected chi connectivity index (χ1v) is 30.0. The van der Waals surface area contributed by atoms with E-state index < -0.39 is 36.8 Å². The molecule has 2 aromatic rings. The van der Waals surface area contributed by atoms with Crippen LogP contribution >= 0.6 is 0 Å². The van der Waals surface area contributed by atoms with Crippen LogP contribution in [0.5, 0.6) is 0 Å².